The van der Waals surface area contributed by atoms with E-state index in [2.05, 4.69) is 12.1 Å². The molecule has 2 aromatic rings. The van der Waals surface area contributed by atoms with Crippen LogP contribution < -0.4 is 5.73 Å². The molecule has 104 valence electrons. The second-order valence-electron chi connectivity index (χ2n) is 5.75. The van der Waals surface area contributed by atoms with Crippen molar-refractivity contribution in [1.29, 1.82) is 0 Å². The third-order valence-electron chi connectivity index (χ3n) is 4.25. The first kappa shape index (κ1) is 13.3. The maximum absolute atomic E-state index is 13.3. The number of hydrogen-bond acceptors (Lipinski definition) is 1. The predicted octanol–water partition coefficient (Wildman–Crippen LogP) is 3.25. The largest absolute Gasteiger partial charge is 0.330 e. The van der Waals surface area contributed by atoms with Crippen LogP contribution in [-0.2, 0) is 19.3 Å². The van der Waals surface area contributed by atoms with E-state index in [4.69, 9.17) is 5.73 Å². The predicted molar refractivity (Wildman–Crippen MR) is 75.4 cm³/mol. The van der Waals surface area contributed by atoms with Gasteiger partial charge in [0, 0.05) is 0 Å². The van der Waals surface area contributed by atoms with Crippen LogP contribution in [0.5, 0.6) is 0 Å². The summed E-state index contributed by atoms with van der Waals surface area (Å²) in [6.07, 6.45) is 2.48. The number of nitrogens with two attached hydrogens (primary N) is 1. The molecule has 2 aromatic carbocycles. The summed E-state index contributed by atoms with van der Waals surface area (Å²) in [6.45, 7) is 0.542. The second-order valence-corrected chi connectivity index (χ2v) is 5.75. The molecular weight excluding hydrogens is 256 g/mol. The SMILES string of the molecule is NCC1(Cc2ccc(F)c(F)c2)Cc2ccccc2C1. The summed E-state index contributed by atoms with van der Waals surface area (Å²) in [5.74, 6) is -1.59. The quantitative estimate of drug-likeness (QED) is 0.912. The summed E-state index contributed by atoms with van der Waals surface area (Å²) in [6, 6.07) is 12.4. The van der Waals surface area contributed by atoms with Gasteiger partial charge in [0.15, 0.2) is 11.6 Å². The average Bonchev–Trinajstić information content (AvgIpc) is 2.81. The van der Waals surface area contributed by atoms with Gasteiger partial charge in [0.05, 0.1) is 0 Å². The van der Waals surface area contributed by atoms with Crippen LogP contribution in [-0.4, -0.2) is 6.54 Å². The lowest BCUT2D eigenvalue weighted by molar-refractivity contribution is 0.314. The maximum Gasteiger partial charge on any atom is 0.159 e. The van der Waals surface area contributed by atoms with Gasteiger partial charge in [-0.3, -0.25) is 0 Å². The van der Waals surface area contributed by atoms with Crippen molar-refractivity contribution in [2.24, 2.45) is 11.1 Å². The van der Waals surface area contributed by atoms with E-state index in [0.29, 0.717) is 13.0 Å². The maximum atomic E-state index is 13.3. The highest BCUT2D eigenvalue weighted by molar-refractivity contribution is 5.36. The highest BCUT2D eigenvalue weighted by atomic mass is 19.2. The zero-order valence-electron chi connectivity index (χ0n) is 11.2. The zero-order valence-corrected chi connectivity index (χ0v) is 11.2. The van der Waals surface area contributed by atoms with Gasteiger partial charge < -0.3 is 5.73 Å². The van der Waals surface area contributed by atoms with E-state index in [1.165, 1.54) is 23.3 Å². The van der Waals surface area contributed by atoms with Crippen molar-refractivity contribution in [1.82, 2.24) is 0 Å². The van der Waals surface area contributed by atoms with Gasteiger partial charge >= 0.3 is 0 Å². The Morgan fingerprint density at radius 3 is 2.15 bits per heavy atom. The van der Waals surface area contributed by atoms with Crippen molar-refractivity contribution in [3.8, 4) is 0 Å². The smallest absolute Gasteiger partial charge is 0.159 e. The van der Waals surface area contributed by atoms with E-state index in [-0.39, 0.29) is 5.41 Å². The summed E-state index contributed by atoms with van der Waals surface area (Å²) in [4.78, 5) is 0. The Morgan fingerprint density at radius 2 is 1.60 bits per heavy atom. The molecule has 0 fully saturated rings. The number of hydrogen-bond donors (Lipinski definition) is 1. The topological polar surface area (TPSA) is 26.0 Å². The molecule has 3 rings (SSSR count). The Morgan fingerprint density at radius 1 is 0.950 bits per heavy atom. The van der Waals surface area contributed by atoms with Crippen molar-refractivity contribution in [3.63, 3.8) is 0 Å². The van der Waals surface area contributed by atoms with E-state index in [1.807, 2.05) is 12.1 Å². The van der Waals surface area contributed by atoms with Gasteiger partial charge in [-0.2, -0.15) is 0 Å². The number of halogens is 2. The Labute approximate surface area is 117 Å². The molecule has 0 bridgehead atoms. The minimum Gasteiger partial charge on any atom is -0.330 e. The summed E-state index contributed by atoms with van der Waals surface area (Å²) in [5.41, 5.74) is 9.37. The standard InChI is InChI=1S/C17H17F2N/c18-15-6-5-12(7-16(15)19)8-17(11-20)9-13-3-1-2-4-14(13)10-17/h1-7H,8-11,20H2. The van der Waals surface area contributed by atoms with Gasteiger partial charge in [0.1, 0.15) is 0 Å². The van der Waals surface area contributed by atoms with Crippen LogP contribution in [0.3, 0.4) is 0 Å². The van der Waals surface area contributed by atoms with Crippen molar-refractivity contribution in [2.45, 2.75) is 19.3 Å². The van der Waals surface area contributed by atoms with Gasteiger partial charge in [0.2, 0.25) is 0 Å². The highest BCUT2D eigenvalue weighted by Crippen LogP contribution is 2.39. The molecule has 0 saturated carbocycles. The van der Waals surface area contributed by atoms with Crippen LogP contribution in [0.2, 0.25) is 0 Å². The fourth-order valence-corrected chi connectivity index (χ4v) is 3.20. The Balaban J connectivity index is 1.87. The lowest BCUT2D eigenvalue weighted by Gasteiger charge is -2.27. The Hall–Kier alpha value is -1.74. The van der Waals surface area contributed by atoms with E-state index in [0.717, 1.165) is 18.4 Å². The summed E-state index contributed by atoms with van der Waals surface area (Å²) in [7, 11) is 0. The van der Waals surface area contributed by atoms with E-state index >= 15 is 0 Å². The Bertz CT molecular complexity index is 612. The van der Waals surface area contributed by atoms with Gasteiger partial charge in [-0.25, -0.2) is 8.78 Å². The van der Waals surface area contributed by atoms with Gasteiger partial charge in [0.25, 0.3) is 0 Å². The lowest BCUT2D eigenvalue weighted by Crippen LogP contribution is -2.33. The normalized spacial score (nSPS) is 16.1. The lowest BCUT2D eigenvalue weighted by atomic mass is 9.79. The molecule has 0 amide bonds. The fraction of sp³-hybridized carbons (Fsp3) is 0.294. The molecule has 1 aliphatic rings. The molecule has 0 unspecified atom stereocenters. The molecule has 0 aliphatic heterocycles. The van der Waals surface area contributed by atoms with Crippen LogP contribution in [0.1, 0.15) is 16.7 Å². The van der Waals surface area contributed by atoms with E-state index < -0.39 is 11.6 Å². The van der Waals surface area contributed by atoms with Crippen molar-refractivity contribution in [2.75, 3.05) is 6.54 Å². The van der Waals surface area contributed by atoms with Gasteiger partial charge in [-0.1, -0.05) is 30.3 Å². The summed E-state index contributed by atoms with van der Waals surface area (Å²) >= 11 is 0. The summed E-state index contributed by atoms with van der Waals surface area (Å²) in [5, 5.41) is 0. The average molecular weight is 273 g/mol. The fourth-order valence-electron chi connectivity index (χ4n) is 3.20. The molecule has 3 heteroatoms. The third-order valence-corrected chi connectivity index (χ3v) is 4.25. The molecule has 0 aromatic heterocycles. The first-order valence-corrected chi connectivity index (χ1v) is 6.83. The van der Waals surface area contributed by atoms with E-state index in [9.17, 15) is 8.78 Å². The monoisotopic (exact) mass is 273 g/mol. The van der Waals surface area contributed by atoms with Crippen LogP contribution in [0, 0.1) is 17.0 Å². The Kier molecular flexibility index (Phi) is 3.30. The zero-order chi connectivity index (χ0) is 14.2. The molecule has 0 spiro atoms. The minimum atomic E-state index is -0.801. The first-order chi connectivity index (χ1) is 9.62. The molecule has 0 radical (unpaired) electrons. The van der Waals surface area contributed by atoms with Crippen LogP contribution in [0.25, 0.3) is 0 Å². The van der Waals surface area contributed by atoms with Gasteiger partial charge in [-0.05, 0) is 60.0 Å². The number of rotatable bonds is 3. The summed E-state index contributed by atoms with van der Waals surface area (Å²) < 4.78 is 26.3. The first-order valence-electron chi connectivity index (χ1n) is 6.83. The van der Waals surface area contributed by atoms with Crippen molar-refractivity contribution >= 4 is 0 Å². The molecule has 0 heterocycles. The van der Waals surface area contributed by atoms with Crippen LogP contribution >= 0.6 is 0 Å². The van der Waals surface area contributed by atoms with Gasteiger partial charge in [-0.15, -0.1) is 0 Å². The molecule has 1 nitrogen and oxygen atoms in total. The molecule has 1 aliphatic carbocycles. The van der Waals surface area contributed by atoms with Crippen LogP contribution in [0.4, 0.5) is 8.78 Å². The number of fused-ring (bicyclic) bond motifs is 1. The van der Waals surface area contributed by atoms with E-state index in [1.54, 1.807) is 6.07 Å². The molecule has 0 atom stereocenters. The van der Waals surface area contributed by atoms with Crippen molar-refractivity contribution in [3.05, 3.63) is 70.8 Å². The molecule has 0 saturated heterocycles. The van der Waals surface area contributed by atoms with Crippen molar-refractivity contribution < 1.29 is 8.78 Å². The highest BCUT2D eigenvalue weighted by Gasteiger charge is 2.36. The van der Waals surface area contributed by atoms with Crippen LogP contribution in [0.15, 0.2) is 42.5 Å². The third kappa shape index (κ3) is 2.34. The molecular formula is C17H17F2N. The minimum absolute atomic E-state index is 0.0754. The molecule has 20 heavy (non-hydrogen) atoms. The number of benzene rings is 2. The second kappa shape index (κ2) is 4.98. The molecule has 2 N–H and O–H groups in total.